The lowest BCUT2D eigenvalue weighted by Crippen LogP contribution is -2.46. The van der Waals surface area contributed by atoms with Crippen molar-refractivity contribution in [1.82, 2.24) is 14.3 Å². The summed E-state index contributed by atoms with van der Waals surface area (Å²) < 4.78 is 27.9. The van der Waals surface area contributed by atoms with E-state index < -0.39 is 10.2 Å². The molecular weight excluding hydrogens is 226 g/mol. The van der Waals surface area contributed by atoms with E-state index in [1.54, 1.807) is 4.31 Å². The van der Waals surface area contributed by atoms with Gasteiger partial charge in [0.2, 0.25) is 0 Å². The molecule has 0 aromatic rings. The van der Waals surface area contributed by atoms with Crippen LogP contribution in [0.25, 0.3) is 0 Å². The van der Waals surface area contributed by atoms with Crippen molar-refractivity contribution in [2.75, 3.05) is 32.7 Å². The summed E-state index contributed by atoms with van der Waals surface area (Å²) in [7, 11) is -3.24. The van der Waals surface area contributed by atoms with Crippen LogP contribution in [-0.2, 0) is 10.2 Å². The first-order chi connectivity index (χ1) is 7.56. The predicted molar refractivity (Wildman–Crippen MR) is 65.4 cm³/mol. The molecule has 0 aliphatic carbocycles. The van der Waals surface area contributed by atoms with Crippen LogP contribution in [0.2, 0.25) is 0 Å². The molecule has 6 heteroatoms. The van der Waals surface area contributed by atoms with E-state index in [2.05, 4.69) is 17.0 Å². The van der Waals surface area contributed by atoms with E-state index in [1.165, 1.54) is 0 Å². The Morgan fingerprint density at radius 3 is 2.44 bits per heavy atom. The van der Waals surface area contributed by atoms with E-state index >= 15 is 0 Å². The van der Waals surface area contributed by atoms with Gasteiger partial charge in [-0.1, -0.05) is 13.8 Å². The number of nitrogens with one attached hydrogen (secondary N) is 2. The average Bonchev–Trinajstić information content (AvgIpc) is 2.25. The van der Waals surface area contributed by atoms with E-state index in [4.69, 9.17) is 0 Å². The Kier molecular flexibility index (Phi) is 5.68. The van der Waals surface area contributed by atoms with Crippen LogP contribution in [0.15, 0.2) is 0 Å². The minimum Gasteiger partial charge on any atom is -0.316 e. The summed E-state index contributed by atoms with van der Waals surface area (Å²) in [6, 6.07) is 0. The number of nitrogens with zero attached hydrogens (tertiary/aromatic N) is 1. The van der Waals surface area contributed by atoms with Crippen LogP contribution in [0.5, 0.6) is 0 Å². The van der Waals surface area contributed by atoms with E-state index in [-0.39, 0.29) is 0 Å². The van der Waals surface area contributed by atoms with Gasteiger partial charge in [-0.3, -0.25) is 0 Å². The number of rotatable bonds is 6. The molecule has 0 unspecified atom stereocenters. The Labute approximate surface area is 98.8 Å². The van der Waals surface area contributed by atoms with Crippen LogP contribution >= 0.6 is 0 Å². The maximum atomic E-state index is 11.8. The maximum absolute atomic E-state index is 11.8. The van der Waals surface area contributed by atoms with Crippen molar-refractivity contribution >= 4 is 10.2 Å². The Balaban J connectivity index is 2.33. The summed E-state index contributed by atoms with van der Waals surface area (Å²) in [5.41, 5.74) is 0. The third kappa shape index (κ3) is 4.37. The summed E-state index contributed by atoms with van der Waals surface area (Å²) in [6.07, 6.45) is 1.93. The standard InChI is InChI=1S/C10H23N3O2S/c1-3-11-6-7-12-16(14,15)13-8-4-10(2)5-9-13/h10-12H,3-9H2,1-2H3. The topological polar surface area (TPSA) is 61.4 Å². The van der Waals surface area contributed by atoms with Crippen molar-refractivity contribution in [1.29, 1.82) is 0 Å². The van der Waals surface area contributed by atoms with Crippen LogP contribution in [0.4, 0.5) is 0 Å². The van der Waals surface area contributed by atoms with Crippen LogP contribution in [0.1, 0.15) is 26.7 Å². The molecular formula is C10H23N3O2S. The molecule has 0 bridgehead atoms. The monoisotopic (exact) mass is 249 g/mol. The molecule has 2 N–H and O–H groups in total. The van der Waals surface area contributed by atoms with Crippen molar-refractivity contribution in [3.8, 4) is 0 Å². The molecule has 1 fully saturated rings. The number of hydrogen-bond acceptors (Lipinski definition) is 3. The molecule has 1 heterocycles. The SMILES string of the molecule is CCNCCNS(=O)(=O)N1CCC(C)CC1. The predicted octanol–water partition coefficient (Wildman–Crippen LogP) is 0.162. The summed E-state index contributed by atoms with van der Waals surface area (Å²) in [5, 5.41) is 3.09. The van der Waals surface area contributed by atoms with Gasteiger partial charge in [0.05, 0.1) is 0 Å². The summed E-state index contributed by atoms with van der Waals surface area (Å²) in [5.74, 6) is 0.646. The molecule has 1 aliphatic heterocycles. The highest BCUT2D eigenvalue weighted by atomic mass is 32.2. The fourth-order valence-electron chi connectivity index (χ4n) is 1.76. The van der Waals surface area contributed by atoms with Gasteiger partial charge in [0.1, 0.15) is 0 Å². The van der Waals surface area contributed by atoms with Gasteiger partial charge >= 0.3 is 0 Å². The minimum absolute atomic E-state index is 0.461. The van der Waals surface area contributed by atoms with Gasteiger partial charge in [-0.05, 0) is 25.3 Å². The Bertz CT molecular complexity index is 284. The highest BCUT2D eigenvalue weighted by Crippen LogP contribution is 2.17. The van der Waals surface area contributed by atoms with Crippen molar-refractivity contribution in [2.24, 2.45) is 5.92 Å². The van der Waals surface area contributed by atoms with Gasteiger partial charge in [0.25, 0.3) is 10.2 Å². The van der Waals surface area contributed by atoms with Crippen molar-refractivity contribution in [2.45, 2.75) is 26.7 Å². The molecule has 0 radical (unpaired) electrons. The molecule has 96 valence electrons. The fourth-order valence-corrected chi connectivity index (χ4v) is 3.00. The number of hydrogen-bond donors (Lipinski definition) is 2. The van der Waals surface area contributed by atoms with Crippen molar-refractivity contribution in [3.63, 3.8) is 0 Å². The molecule has 1 rings (SSSR count). The van der Waals surface area contributed by atoms with Crippen molar-refractivity contribution < 1.29 is 8.42 Å². The number of likely N-dealkylation sites (N-methyl/N-ethyl adjacent to an activating group) is 1. The third-order valence-electron chi connectivity index (χ3n) is 2.92. The lowest BCUT2D eigenvalue weighted by molar-refractivity contribution is 0.285. The summed E-state index contributed by atoms with van der Waals surface area (Å²) >= 11 is 0. The zero-order valence-electron chi connectivity index (χ0n) is 10.2. The molecule has 16 heavy (non-hydrogen) atoms. The zero-order chi connectivity index (χ0) is 12.0. The van der Waals surface area contributed by atoms with Gasteiger partial charge in [-0.15, -0.1) is 0 Å². The number of piperidine rings is 1. The normalized spacial score (nSPS) is 20.1. The van der Waals surface area contributed by atoms with Gasteiger partial charge in [0.15, 0.2) is 0 Å². The summed E-state index contributed by atoms with van der Waals surface area (Å²) in [4.78, 5) is 0. The second-order valence-electron chi connectivity index (χ2n) is 4.33. The highest BCUT2D eigenvalue weighted by molar-refractivity contribution is 7.87. The first kappa shape index (κ1) is 13.9. The molecule has 0 amide bonds. The largest absolute Gasteiger partial charge is 0.316 e. The van der Waals surface area contributed by atoms with E-state index in [1.807, 2.05) is 6.92 Å². The molecule has 0 saturated carbocycles. The van der Waals surface area contributed by atoms with Gasteiger partial charge in [0, 0.05) is 26.2 Å². The Hall–Kier alpha value is -0.170. The summed E-state index contributed by atoms with van der Waals surface area (Å²) in [6.45, 7) is 7.48. The Morgan fingerprint density at radius 1 is 1.25 bits per heavy atom. The second-order valence-corrected chi connectivity index (χ2v) is 6.09. The third-order valence-corrected chi connectivity index (χ3v) is 4.53. The molecule has 0 aromatic heterocycles. The molecule has 1 aliphatic rings. The smallest absolute Gasteiger partial charge is 0.279 e. The van der Waals surface area contributed by atoms with E-state index in [0.717, 1.165) is 19.4 Å². The van der Waals surface area contributed by atoms with E-state index in [9.17, 15) is 8.42 Å². The van der Waals surface area contributed by atoms with Crippen molar-refractivity contribution in [3.05, 3.63) is 0 Å². The fraction of sp³-hybridized carbons (Fsp3) is 1.00. The quantitative estimate of drug-likeness (QED) is 0.659. The van der Waals surface area contributed by atoms with E-state index in [0.29, 0.717) is 32.1 Å². The lowest BCUT2D eigenvalue weighted by atomic mass is 10.0. The van der Waals surface area contributed by atoms with Crippen LogP contribution in [-0.4, -0.2) is 45.4 Å². The molecule has 0 aromatic carbocycles. The molecule has 0 atom stereocenters. The average molecular weight is 249 g/mol. The first-order valence-electron chi connectivity index (χ1n) is 6.01. The van der Waals surface area contributed by atoms with Crippen LogP contribution in [0, 0.1) is 5.92 Å². The van der Waals surface area contributed by atoms with Crippen LogP contribution in [0.3, 0.4) is 0 Å². The first-order valence-corrected chi connectivity index (χ1v) is 7.45. The molecule has 5 nitrogen and oxygen atoms in total. The molecule has 1 saturated heterocycles. The van der Waals surface area contributed by atoms with Crippen LogP contribution < -0.4 is 10.0 Å². The maximum Gasteiger partial charge on any atom is 0.279 e. The lowest BCUT2D eigenvalue weighted by Gasteiger charge is -2.29. The van der Waals surface area contributed by atoms with Gasteiger partial charge in [-0.25, -0.2) is 4.72 Å². The minimum atomic E-state index is -3.24. The van der Waals surface area contributed by atoms with Gasteiger partial charge in [-0.2, -0.15) is 12.7 Å². The second kappa shape index (κ2) is 6.54. The molecule has 0 spiro atoms. The van der Waals surface area contributed by atoms with Gasteiger partial charge < -0.3 is 5.32 Å². The zero-order valence-corrected chi connectivity index (χ0v) is 11.0. The highest BCUT2D eigenvalue weighted by Gasteiger charge is 2.25. The Morgan fingerprint density at radius 2 is 1.88 bits per heavy atom.